The van der Waals surface area contributed by atoms with Crippen LogP contribution >= 0.6 is 0 Å². The fourth-order valence-electron chi connectivity index (χ4n) is 2.03. The van der Waals surface area contributed by atoms with Crippen LogP contribution in [0.1, 0.15) is 25.3 Å². The fourth-order valence-corrected chi connectivity index (χ4v) is 2.03. The van der Waals surface area contributed by atoms with Gasteiger partial charge in [-0.1, -0.05) is 30.3 Å². The molecule has 0 amide bonds. The summed E-state index contributed by atoms with van der Waals surface area (Å²) in [5.74, 6) is 0.822. The third-order valence-corrected chi connectivity index (χ3v) is 3.43. The molecule has 0 aliphatic heterocycles. The Hall–Kier alpha value is -0.900. The number of ether oxygens (including phenoxy) is 1. The first-order valence-electron chi connectivity index (χ1n) is 6.79. The van der Waals surface area contributed by atoms with Crippen LogP contribution in [0.15, 0.2) is 30.3 Å². The Kier molecular flexibility index (Phi) is 5.17. The standard InChI is InChI=1S/C15H23NO2/c1-12(14-7-8-14)16-9-15(17)11-18-10-13-5-3-2-4-6-13/h2-6,12,14-17H,7-11H2,1H3. The molecule has 2 rings (SSSR count). The van der Waals surface area contributed by atoms with Crippen molar-refractivity contribution in [2.75, 3.05) is 13.2 Å². The van der Waals surface area contributed by atoms with Crippen molar-refractivity contribution in [3.05, 3.63) is 35.9 Å². The first-order valence-corrected chi connectivity index (χ1v) is 6.79. The van der Waals surface area contributed by atoms with Crippen LogP contribution in [0.25, 0.3) is 0 Å². The molecule has 0 radical (unpaired) electrons. The van der Waals surface area contributed by atoms with Gasteiger partial charge in [0, 0.05) is 12.6 Å². The predicted molar refractivity (Wildman–Crippen MR) is 72.3 cm³/mol. The molecule has 2 atom stereocenters. The Balaban J connectivity index is 1.55. The van der Waals surface area contributed by atoms with E-state index in [0.29, 0.717) is 25.8 Å². The summed E-state index contributed by atoms with van der Waals surface area (Å²) in [4.78, 5) is 0. The predicted octanol–water partition coefficient (Wildman–Crippen LogP) is 1.95. The van der Waals surface area contributed by atoms with Crippen molar-refractivity contribution >= 4 is 0 Å². The summed E-state index contributed by atoms with van der Waals surface area (Å²) in [5.41, 5.74) is 1.14. The smallest absolute Gasteiger partial charge is 0.0897 e. The Morgan fingerprint density at radius 1 is 1.33 bits per heavy atom. The lowest BCUT2D eigenvalue weighted by Gasteiger charge is -2.16. The zero-order chi connectivity index (χ0) is 12.8. The van der Waals surface area contributed by atoms with E-state index in [0.717, 1.165) is 11.5 Å². The van der Waals surface area contributed by atoms with Crippen LogP contribution < -0.4 is 5.32 Å². The zero-order valence-electron chi connectivity index (χ0n) is 11.0. The van der Waals surface area contributed by atoms with Gasteiger partial charge in [0.15, 0.2) is 0 Å². The van der Waals surface area contributed by atoms with Crippen molar-refractivity contribution in [3.8, 4) is 0 Å². The van der Waals surface area contributed by atoms with Gasteiger partial charge in [0.1, 0.15) is 0 Å². The van der Waals surface area contributed by atoms with Gasteiger partial charge >= 0.3 is 0 Å². The van der Waals surface area contributed by atoms with Crippen LogP contribution in [-0.2, 0) is 11.3 Å². The van der Waals surface area contributed by atoms with Crippen molar-refractivity contribution in [1.29, 1.82) is 0 Å². The Bertz CT molecular complexity index is 338. The van der Waals surface area contributed by atoms with Gasteiger partial charge in [-0.3, -0.25) is 0 Å². The molecule has 18 heavy (non-hydrogen) atoms. The minimum atomic E-state index is -0.421. The molecule has 0 aromatic heterocycles. The molecule has 3 heteroatoms. The second-order valence-corrected chi connectivity index (χ2v) is 5.19. The van der Waals surface area contributed by atoms with E-state index in [9.17, 15) is 5.11 Å². The molecule has 1 aliphatic carbocycles. The highest BCUT2D eigenvalue weighted by Gasteiger charge is 2.27. The van der Waals surface area contributed by atoms with E-state index in [1.807, 2.05) is 30.3 Å². The highest BCUT2D eigenvalue weighted by atomic mass is 16.5. The molecule has 3 nitrogen and oxygen atoms in total. The van der Waals surface area contributed by atoms with Crippen molar-refractivity contribution < 1.29 is 9.84 Å². The van der Waals surface area contributed by atoms with E-state index < -0.39 is 6.10 Å². The lowest BCUT2D eigenvalue weighted by atomic mass is 10.2. The van der Waals surface area contributed by atoms with E-state index in [-0.39, 0.29) is 0 Å². The first-order chi connectivity index (χ1) is 8.75. The van der Waals surface area contributed by atoms with Gasteiger partial charge in [0.2, 0.25) is 0 Å². The summed E-state index contributed by atoms with van der Waals surface area (Å²) in [7, 11) is 0. The van der Waals surface area contributed by atoms with Gasteiger partial charge in [0.25, 0.3) is 0 Å². The molecule has 1 saturated carbocycles. The fraction of sp³-hybridized carbons (Fsp3) is 0.600. The minimum Gasteiger partial charge on any atom is -0.389 e. The number of nitrogens with one attached hydrogen (secondary N) is 1. The quantitative estimate of drug-likeness (QED) is 0.740. The van der Waals surface area contributed by atoms with Crippen LogP contribution in [0.5, 0.6) is 0 Å². The molecule has 2 N–H and O–H groups in total. The molecular weight excluding hydrogens is 226 g/mol. The molecule has 0 spiro atoms. The highest BCUT2D eigenvalue weighted by Crippen LogP contribution is 2.32. The molecule has 1 fully saturated rings. The summed E-state index contributed by atoms with van der Waals surface area (Å²) < 4.78 is 5.50. The largest absolute Gasteiger partial charge is 0.389 e. The third kappa shape index (κ3) is 4.77. The molecule has 1 aromatic carbocycles. The lowest BCUT2D eigenvalue weighted by Crippen LogP contribution is -2.36. The number of rotatable bonds is 8. The summed E-state index contributed by atoms with van der Waals surface area (Å²) in [6.45, 7) is 3.76. The van der Waals surface area contributed by atoms with Gasteiger partial charge in [-0.05, 0) is 31.2 Å². The Morgan fingerprint density at radius 2 is 2.06 bits per heavy atom. The van der Waals surface area contributed by atoms with Crippen molar-refractivity contribution in [3.63, 3.8) is 0 Å². The average Bonchev–Trinajstić information content (AvgIpc) is 3.21. The molecule has 0 heterocycles. The lowest BCUT2D eigenvalue weighted by molar-refractivity contribution is 0.0275. The number of benzene rings is 1. The maximum Gasteiger partial charge on any atom is 0.0897 e. The average molecular weight is 249 g/mol. The van der Waals surface area contributed by atoms with Crippen molar-refractivity contribution in [2.45, 2.75) is 38.5 Å². The number of hydrogen-bond donors (Lipinski definition) is 2. The zero-order valence-corrected chi connectivity index (χ0v) is 11.0. The molecule has 100 valence electrons. The third-order valence-electron chi connectivity index (χ3n) is 3.43. The van der Waals surface area contributed by atoms with Crippen LogP contribution in [-0.4, -0.2) is 30.4 Å². The van der Waals surface area contributed by atoms with Gasteiger partial charge in [-0.2, -0.15) is 0 Å². The van der Waals surface area contributed by atoms with E-state index in [1.54, 1.807) is 0 Å². The summed E-state index contributed by atoms with van der Waals surface area (Å²) in [6.07, 6.45) is 2.23. The van der Waals surface area contributed by atoms with Gasteiger partial charge in [0.05, 0.1) is 19.3 Å². The molecular formula is C15H23NO2. The second kappa shape index (κ2) is 6.88. The first kappa shape index (κ1) is 13.5. The summed E-state index contributed by atoms with van der Waals surface area (Å²) in [5, 5.41) is 13.2. The van der Waals surface area contributed by atoms with E-state index >= 15 is 0 Å². The van der Waals surface area contributed by atoms with Crippen molar-refractivity contribution in [2.24, 2.45) is 5.92 Å². The maximum absolute atomic E-state index is 9.79. The topological polar surface area (TPSA) is 41.5 Å². The molecule has 1 aromatic rings. The molecule has 0 bridgehead atoms. The van der Waals surface area contributed by atoms with Crippen LogP contribution in [0.2, 0.25) is 0 Å². The van der Waals surface area contributed by atoms with E-state index in [2.05, 4.69) is 12.2 Å². The Labute approximate surface area is 109 Å². The van der Waals surface area contributed by atoms with Gasteiger partial charge in [-0.25, -0.2) is 0 Å². The SMILES string of the molecule is CC(NCC(O)COCc1ccccc1)C1CC1. The number of aliphatic hydroxyl groups is 1. The van der Waals surface area contributed by atoms with E-state index in [4.69, 9.17) is 4.74 Å². The van der Waals surface area contributed by atoms with Crippen molar-refractivity contribution in [1.82, 2.24) is 5.32 Å². The highest BCUT2D eigenvalue weighted by molar-refractivity contribution is 5.13. The Morgan fingerprint density at radius 3 is 2.72 bits per heavy atom. The maximum atomic E-state index is 9.79. The minimum absolute atomic E-state index is 0.388. The van der Waals surface area contributed by atoms with Crippen LogP contribution in [0, 0.1) is 5.92 Å². The molecule has 2 unspecified atom stereocenters. The van der Waals surface area contributed by atoms with Gasteiger partial charge in [-0.15, -0.1) is 0 Å². The van der Waals surface area contributed by atoms with Crippen LogP contribution in [0.4, 0.5) is 0 Å². The normalized spacial score (nSPS) is 18.6. The number of hydrogen-bond acceptors (Lipinski definition) is 3. The number of aliphatic hydroxyl groups excluding tert-OH is 1. The van der Waals surface area contributed by atoms with Crippen LogP contribution in [0.3, 0.4) is 0 Å². The summed E-state index contributed by atoms with van der Waals surface area (Å²) in [6, 6.07) is 10.6. The monoisotopic (exact) mass is 249 g/mol. The molecule has 0 saturated heterocycles. The van der Waals surface area contributed by atoms with Gasteiger partial charge < -0.3 is 15.2 Å². The summed E-state index contributed by atoms with van der Waals surface area (Å²) >= 11 is 0. The van der Waals surface area contributed by atoms with E-state index in [1.165, 1.54) is 12.8 Å². The second-order valence-electron chi connectivity index (χ2n) is 5.19. The molecule has 1 aliphatic rings.